The van der Waals surface area contributed by atoms with Crippen LogP contribution in [0, 0.1) is 6.92 Å². The molecule has 0 atom stereocenters. The molecule has 1 N–H and O–H groups in total. The lowest BCUT2D eigenvalue weighted by atomic mass is 10.2. The molecule has 110 valence electrons. The maximum absolute atomic E-state index is 11.7. The number of carbonyl (C=O) groups is 1. The fourth-order valence-electron chi connectivity index (χ4n) is 1.64. The molecule has 6 heteroatoms. The first-order valence-electron chi connectivity index (χ1n) is 6.32. The standard InChI is InChI=1S/C15H15BrN2O2S/c1-10-8-12(16)5-6-13(10)20-9-15(19)18-17-11(2)14-4-3-7-21-14/h3-8H,9H2,1-2H3,(H,18,19)/b17-11+. The highest BCUT2D eigenvalue weighted by Crippen LogP contribution is 2.21. The van der Waals surface area contributed by atoms with Gasteiger partial charge in [-0.15, -0.1) is 11.3 Å². The fraction of sp³-hybridized carbons (Fsp3) is 0.200. The van der Waals surface area contributed by atoms with Crippen molar-refractivity contribution in [3.05, 3.63) is 50.6 Å². The fourth-order valence-corrected chi connectivity index (χ4v) is 2.79. The molecule has 4 nitrogen and oxygen atoms in total. The minimum Gasteiger partial charge on any atom is -0.483 e. The smallest absolute Gasteiger partial charge is 0.277 e. The van der Waals surface area contributed by atoms with E-state index in [0.29, 0.717) is 5.75 Å². The number of halogens is 1. The molecule has 0 fully saturated rings. The molecule has 21 heavy (non-hydrogen) atoms. The van der Waals surface area contributed by atoms with Crippen molar-refractivity contribution in [3.63, 3.8) is 0 Å². The number of thiophene rings is 1. The van der Waals surface area contributed by atoms with E-state index in [9.17, 15) is 4.79 Å². The molecular formula is C15H15BrN2O2S. The summed E-state index contributed by atoms with van der Waals surface area (Å²) < 4.78 is 6.46. The van der Waals surface area contributed by atoms with E-state index in [1.807, 2.05) is 49.6 Å². The number of hydrogen-bond donors (Lipinski definition) is 1. The van der Waals surface area contributed by atoms with Crippen LogP contribution in [0.15, 0.2) is 45.3 Å². The Morgan fingerprint density at radius 3 is 2.90 bits per heavy atom. The normalized spacial score (nSPS) is 11.3. The lowest BCUT2D eigenvalue weighted by Gasteiger charge is -2.08. The summed E-state index contributed by atoms with van der Waals surface area (Å²) in [5.74, 6) is 0.403. The maximum atomic E-state index is 11.7. The van der Waals surface area contributed by atoms with Gasteiger partial charge in [0.2, 0.25) is 0 Å². The van der Waals surface area contributed by atoms with Gasteiger partial charge in [-0.2, -0.15) is 5.10 Å². The van der Waals surface area contributed by atoms with Crippen LogP contribution >= 0.6 is 27.3 Å². The molecule has 2 aromatic rings. The van der Waals surface area contributed by atoms with Gasteiger partial charge in [-0.05, 0) is 49.1 Å². The zero-order valence-electron chi connectivity index (χ0n) is 11.7. The average molecular weight is 367 g/mol. The highest BCUT2D eigenvalue weighted by atomic mass is 79.9. The van der Waals surface area contributed by atoms with E-state index in [0.717, 1.165) is 20.6 Å². The molecule has 0 saturated carbocycles. The molecule has 2 rings (SSSR count). The number of nitrogens with one attached hydrogen (secondary N) is 1. The van der Waals surface area contributed by atoms with Crippen molar-refractivity contribution < 1.29 is 9.53 Å². The first-order chi connectivity index (χ1) is 10.1. The van der Waals surface area contributed by atoms with Crippen LogP contribution in [0.5, 0.6) is 5.75 Å². The molecule has 1 amide bonds. The molecule has 0 aliphatic carbocycles. The summed E-state index contributed by atoms with van der Waals surface area (Å²) in [4.78, 5) is 12.7. The van der Waals surface area contributed by atoms with Gasteiger partial charge in [-0.1, -0.05) is 22.0 Å². The van der Waals surface area contributed by atoms with Crippen molar-refractivity contribution in [2.75, 3.05) is 6.61 Å². The van der Waals surface area contributed by atoms with E-state index < -0.39 is 0 Å². The summed E-state index contributed by atoms with van der Waals surface area (Å²) in [5, 5.41) is 6.02. The van der Waals surface area contributed by atoms with Gasteiger partial charge in [0.15, 0.2) is 6.61 Å². The predicted molar refractivity (Wildman–Crippen MR) is 89.0 cm³/mol. The van der Waals surface area contributed by atoms with E-state index in [4.69, 9.17) is 4.74 Å². The topological polar surface area (TPSA) is 50.7 Å². The van der Waals surface area contributed by atoms with Crippen LogP contribution in [0.4, 0.5) is 0 Å². The van der Waals surface area contributed by atoms with Crippen LogP contribution in [-0.4, -0.2) is 18.2 Å². The molecule has 0 aliphatic rings. The molecule has 0 radical (unpaired) electrons. The first kappa shape index (κ1) is 15.7. The number of hydrazone groups is 1. The number of aryl methyl sites for hydroxylation is 1. The van der Waals surface area contributed by atoms with Gasteiger partial charge in [0.05, 0.1) is 5.71 Å². The van der Waals surface area contributed by atoms with E-state index in [2.05, 4.69) is 26.5 Å². The second kappa shape index (κ2) is 7.38. The molecule has 0 bridgehead atoms. The minimum atomic E-state index is -0.284. The van der Waals surface area contributed by atoms with Crippen LogP contribution in [0.2, 0.25) is 0 Å². The number of hydrogen-bond acceptors (Lipinski definition) is 4. The van der Waals surface area contributed by atoms with Crippen molar-refractivity contribution in [1.82, 2.24) is 5.43 Å². The first-order valence-corrected chi connectivity index (χ1v) is 7.99. The number of benzene rings is 1. The summed E-state index contributed by atoms with van der Waals surface area (Å²) >= 11 is 4.96. The molecule has 0 aliphatic heterocycles. The van der Waals surface area contributed by atoms with Gasteiger partial charge in [-0.25, -0.2) is 5.43 Å². The zero-order chi connectivity index (χ0) is 15.2. The second-order valence-corrected chi connectivity index (χ2v) is 6.27. The SMILES string of the molecule is C/C(=N\NC(=O)COc1ccc(Br)cc1C)c1cccs1. The van der Waals surface area contributed by atoms with Crippen molar-refractivity contribution in [1.29, 1.82) is 0 Å². The Balaban J connectivity index is 1.86. The van der Waals surface area contributed by atoms with Crippen LogP contribution in [0.25, 0.3) is 0 Å². The Labute approximate surface area is 136 Å². The quantitative estimate of drug-likeness (QED) is 0.647. The molecule has 0 unspecified atom stereocenters. The van der Waals surface area contributed by atoms with E-state index >= 15 is 0 Å². The predicted octanol–water partition coefficient (Wildman–Crippen LogP) is 3.74. The molecule has 1 heterocycles. The molecule has 1 aromatic heterocycles. The monoisotopic (exact) mass is 366 g/mol. The summed E-state index contributed by atoms with van der Waals surface area (Å²) in [6, 6.07) is 9.54. The lowest BCUT2D eigenvalue weighted by Crippen LogP contribution is -2.25. The van der Waals surface area contributed by atoms with E-state index in [-0.39, 0.29) is 12.5 Å². The maximum Gasteiger partial charge on any atom is 0.277 e. The largest absolute Gasteiger partial charge is 0.483 e. The van der Waals surface area contributed by atoms with Crippen molar-refractivity contribution in [2.45, 2.75) is 13.8 Å². The highest BCUT2D eigenvalue weighted by Gasteiger charge is 2.05. The summed E-state index contributed by atoms with van der Waals surface area (Å²) in [5.41, 5.74) is 4.24. The summed E-state index contributed by atoms with van der Waals surface area (Å²) in [6.07, 6.45) is 0. The Hall–Kier alpha value is -1.66. The van der Waals surface area contributed by atoms with Gasteiger partial charge >= 0.3 is 0 Å². The van der Waals surface area contributed by atoms with Gasteiger partial charge < -0.3 is 4.74 Å². The number of carbonyl (C=O) groups excluding carboxylic acids is 1. The third-order valence-corrected chi connectivity index (χ3v) is 4.19. The van der Waals surface area contributed by atoms with Crippen LogP contribution in [-0.2, 0) is 4.79 Å². The number of nitrogens with zero attached hydrogens (tertiary/aromatic N) is 1. The van der Waals surface area contributed by atoms with Gasteiger partial charge in [-0.3, -0.25) is 4.79 Å². The van der Waals surface area contributed by atoms with E-state index in [1.54, 1.807) is 11.3 Å². The number of amides is 1. The van der Waals surface area contributed by atoms with Crippen LogP contribution in [0.3, 0.4) is 0 Å². The third kappa shape index (κ3) is 4.68. The van der Waals surface area contributed by atoms with Crippen molar-refractivity contribution in [2.24, 2.45) is 5.10 Å². The molecule has 0 saturated heterocycles. The van der Waals surface area contributed by atoms with Crippen LogP contribution in [0.1, 0.15) is 17.4 Å². The molecule has 0 spiro atoms. The van der Waals surface area contributed by atoms with Crippen molar-refractivity contribution in [3.8, 4) is 5.75 Å². The minimum absolute atomic E-state index is 0.0658. The average Bonchev–Trinajstić information content (AvgIpc) is 2.98. The highest BCUT2D eigenvalue weighted by molar-refractivity contribution is 9.10. The van der Waals surface area contributed by atoms with Gasteiger partial charge in [0.25, 0.3) is 5.91 Å². The Bertz CT molecular complexity index is 654. The Morgan fingerprint density at radius 1 is 1.43 bits per heavy atom. The second-order valence-electron chi connectivity index (χ2n) is 4.41. The summed E-state index contributed by atoms with van der Waals surface area (Å²) in [7, 11) is 0. The Kier molecular flexibility index (Phi) is 5.52. The Morgan fingerprint density at radius 2 is 2.24 bits per heavy atom. The van der Waals surface area contributed by atoms with Crippen LogP contribution < -0.4 is 10.2 Å². The van der Waals surface area contributed by atoms with E-state index in [1.165, 1.54) is 0 Å². The number of rotatable bonds is 5. The van der Waals surface area contributed by atoms with Crippen molar-refractivity contribution >= 4 is 38.9 Å². The van der Waals surface area contributed by atoms with Gasteiger partial charge in [0, 0.05) is 9.35 Å². The zero-order valence-corrected chi connectivity index (χ0v) is 14.1. The molecule has 1 aromatic carbocycles. The third-order valence-electron chi connectivity index (χ3n) is 2.72. The molecular weight excluding hydrogens is 352 g/mol. The summed E-state index contributed by atoms with van der Waals surface area (Å²) in [6.45, 7) is 3.71. The lowest BCUT2D eigenvalue weighted by molar-refractivity contribution is -0.123. The number of ether oxygens (including phenoxy) is 1. The van der Waals surface area contributed by atoms with Gasteiger partial charge in [0.1, 0.15) is 5.75 Å².